The van der Waals surface area contributed by atoms with Crippen LogP contribution in [-0.2, 0) is 5.41 Å². The summed E-state index contributed by atoms with van der Waals surface area (Å²) in [7, 11) is 0. The first-order valence-electron chi connectivity index (χ1n) is 12.1. The van der Waals surface area contributed by atoms with Gasteiger partial charge in [0, 0.05) is 42.9 Å². The summed E-state index contributed by atoms with van der Waals surface area (Å²) in [6.07, 6.45) is 6.77. The molecule has 4 N–H and O–H groups in total. The number of fused-ring (bicyclic) bond motifs is 1. The van der Waals surface area contributed by atoms with Crippen molar-refractivity contribution in [1.82, 2.24) is 15.2 Å². The van der Waals surface area contributed by atoms with Crippen LogP contribution >= 0.6 is 0 Å². The average molecular weight is 453 g/mol. The molecule has 2 aromatic rings. The molecule has 3 aliphatic rings. The van der Waals surface area contributed by atoms with Gasteiger partial charge in [0.1, 0.15) is 12.5 Å². The fourth-order valence-electron chi connectivity index (χ4n) is 6.00. The third kappa shape index (κ3) is 4.24. The van der Waals surface area contributed by atoms with E-state index in [1.165, 1.54) is 12.0 Å². The number of aliphatic hydroxyl groups excluding tert-OH is 1. The van der Waals surface area contributed by atoms with Crippen LogP contribution in [0, 0.1) is 5.92 Å². The molecule has 1 aromatic heterocycles. The number of aromatic nitrogens is 1. The zero-order chi connectivity index (χ0) is 23.0. The third-order valence-corrected chi connectivity index (χ3v) is 8.09. The number of aliphatic hydroxyl groups is 1. The minimum atomic E-state index is -0.287. The zero-order valence-electron chi connectivity index (χ0n) is 19.0. The SMILES string of the molecule is Nc1ncc(-c2ccc([C@@]34CC[C@@H]3CN(CCF)C4)cc2)cc1C(=O)N[C@H]1CC[C@H](O)CC1. The van der Waals surface area contributed by atoms with Gasteiger partial charge in [0.15, 0.2) is 0 Å². The average Bonchev–Trinajstić information content (AvgIpc) is 3.06. The summed E-state index contributed by atoms with van der Waals surface area (Å²) in [5.41, 5.74) is 9.75. The molecule has 0 spiro atoms. The summed E-state index contributed by atoms with van der Waals surface area (Å²) in [6.45, 7) is 2.17. The monoisotopic (exact) mass is 452 g/mol. The number of amides is 1. The molecule has 176 valence electrons. The second-order valence-electron chi connectivity index (χ2n) is 10.0. The van der Waals surface area contributed by atoms with Gasteiger partial charge in [0.2, 0.25) is 0 Å². The molecule has 7 heteroatoms. The summed E-state index contributed by atoms with van der Waals surface area (Å²) >= 11 is 0. The molecule has 5 rings (SSSR count). The molecular weight excluding hydrogens is 419 g/mol. The van der Waals surface area contributed by atoms with E-state index in [9.17, 15) is 14.3 Å². The number of carbonyl (C=O) groups is 1. The molecule has 0 radical (unpaired) electrons. The number of likely N-dealkylation sites (tertiary alicyclic amines) is 1. The zero-order valence-corrected chi connectivity index (χ0v) is 19.0. The molecule has 2 aliphatic carbocycles. The highest BCUT2D eigenvalue weighted by molar-refractivity contribution is 5.99. The highest BCUT2D eigenvalue weighted by atomic mass is 19.1. The standard InChI is InChI=1S/C26H33FN4O2/c27-11-12-31-15-20-9-10-26(20,16-31)19-3-1-17(2-4-19)18-13-23(24(28)29-14-18)25(33)30-21-5-7-22(32)8-6-21/h1-4,13-14,20-22,32H,5-12,15-16H2,(H2,28,29)(H,30,33)/t20-,21-,22-,26+/m1/s1. The van der Waals surface area contributed by atoms with Gasteiger partial charge in [-0.15, -0.1) is 0 Å². The fourth-order valence-corrected chi connectivity index (χ4v) is 6.00. The number of halogens is 1. The van der Waals surface area contributed by atoms with E-state index >= 15 is 0 Å². The van der Waals surface area contributed by atoms with Crippen molar-refractivity contribution >= 4 is 11.7 Å². The molecule has 6 nitrogen and oxygen atoms in total. The lowest BCUT2D eigenvalue weighted by Crippen LogP contribution is -2.43. The number of anilines is 1. The van der Waals surface area contributed by atoms with E-state index in [0.29, 0.717) is 30.9 Å². The Hall–Kier alpha value is -2.51. The summed E-state index contributed by atoms with van der Waals surface area (Å²) in [5.74, 6) is 0.623. The largest absolute Gasteiger partial charge is 0.393 e. The van der Waals surface area contributed by atoms with E-state index in [2.05, 4.69) is 39.5 Å². The van der Waals surface area contributed by atoms with E-state index in [1.807, 2.05) is 6.07 Å². The number of rotatable bonds is 6. The van der Waals surface area contributed by atoms with E-state index in [-0.39, 0.29) is 36.0 Å². The van der Waals surface area contributed by atoms with Crippen molar-refractivity contribution in [2.24, 2.45) is 5.92 Å². The molecule has 3 fully saturated rings. The van der Waals surface area contributed by atoms with E-state index < -0.39 is 0 Å². The number of benzene rings is 1. The molecule has 33 heavy (non-hydrogen) atoms. The Morgan fingerprint density at radius 1 is 1.18 bits per heavy atom. The summed E-state index contributed by atoms with van der Waals surface area (Å²) < 4.78 is 12.9. The van der Waals surface area contributed by atoms with Crippen LogP contribution in [-0.4, -0.2) is 59.4 Å². The topological polar surface area (TPSA) is 91.5 Å². The Bertz CT molecular complexity index is 1010. The van der Waals surface area contributed by atoms with Crippen LogP contribution in [0.15, 0.2) is 36.5 Å². The van der Waals surface area contributed by atoms with Gasteiger partial charge in [-0.1, -0.05) is 24.3 Å². The van der Waals surface area contributed by atoms with E-state index in [0.717, 1.165) is 43.5 Å². The predicted octanol–water partition coefficient (Wildman–Crippen LogP) is 3.30. The number of carbonyl (C=O) groups excluding carboxylic acids is 1. The quantitative estimate of drug-likeness (QED) is 0.626. The molecule has 0 bridgehead atoms. The van der Waals surface area contributed by atoms with Crippen molar-refractivity contribution in [1.29, 1.82) is 0 Å². The highest BCUT2D eigenvalue weighted by Crippen LogP contribution is 2.53. The van der Waals surface area contributed by atoms with Crippen molar-refractivity contribution in [3.8, 4) is 11.1 Å². The van der Waals surface area contributed by atoms with Crippen molar-refractivity contribution in [2.75, 3.05) is 32.0 Å². The molecule has 1 aromatic carbocycles. The maximum Gasteiger partial charge on any atom is 0.255 e. The number of nitrogens with one attached hydrogen (secondary N) is 1. The summed E-state index contributed by atoms with van der Waals surface area (Å²) in [4.78, 5) is 19.4. The molecule has 2 heterocycles. The molecule has 1 aliphatic heterocycles. The van der Waals surface area contributed by atoms with Crippen LogP contribution in [0.25, 0.3) is 11.1 Å². The van der Waals surface area contributed by atoms with Gasteiger partial charge < -0.3 is 16.2 Å². The van der Waals surface area contributed by atoms with Gasteiger partial charge in [-0.25, -0.2) is 9.37 Å². The predicted molar refractivity (Wildman–Crippen MR) is 127 cm³/mol. The Labute approximate surface area is 194 Å². The van der Waals surface area contributed by atoms with Crippen molar-refractivity contribution < 1.29 is 14.3 Å². The lowest BCUT2D eigenvalue weighted by molar-refractivity contribution is 0.0868. The third-order valence-electron chi connectivity index (χ3n) is 8.09. The van der Waals surface area contributed by atoms with Gasteiger partial charge in [-0.3, -0.25) is 9.69 Å². The second kappa shape index (κ2) is 9.03. The first-order valence-corrected chi connectivity index (χ1v) is 12.1. The van der Waals surface area contributed by atoms with Crippen molar-refractivity contribution in [3.05, 3.63) is 47.7 Å². The van der Waals surface area contributed by atoms with Gasteiger partial charge in [-0.2, -0.15) is 0 Å². The molecule has 0 unspecified atom stereocenters. The normalized spacial score (nSPS) is 29.3. The molecule has 1 saturated heterocycles. The maximum absolute atomic E-state index is 12.9. The number of hydrogen-bond donors (Lipinski definition) is 3. The minimum absolute atomic E-state index is 0.0568. The Kier molecular flexibility index (Phi) is 6.10. The van der Waals surface area contributed by atoms with Crippen molar-refractivity contribution in [2.45, 2.75) is 56.1 Å². The Balaban J connectivity index is 1.31. The number of nitrogen functional groups attached to an aromatic ring is 1. The summed E-state index contributed by atoms with van der Waals surface area (Å²) in [6, 6.07) is 10.4. The number of alkyl halides is 1. The molecule has 2 atom stereocenters. The van der Waals surface area contributed by atoms with E-state index in [1.54, 1.807) is 6.20 Å². The minimum Gasteiger partial charge on any atom is -0.393 e. The highest BCUT2D eigenvalue weighted by Gasteiger charge is 2.53. The van der Waals surface area contributed by atoms with Gasteiger partial charge >= 0.3 is 0 Å². The van der Waals surface area contributed by atoms with Gasteiger partial charge in [0.05, 0.1) is 11.7 Å². The lowest BCUT2D eigenvalue weighted by atomic mass is 9.58. The first kappa shape index (κ1) is 22.3. The van der Waals surface area contributed by atoms with E-state index in [4.69, 9.17) is 5.73 Å². The molecule has 1 amide bonds. The first-order chi connectivity index (χ1) is 16.0. The van der Waals surface area contributed by atoms with Crippen LogP contribution in [0.4, 0.5) is 10.2 Å². The van der Waals surface area contributed by atoms with Crippen LogP contribution in [0.1, 0.15) is 54.4 Å². The maximum atomic E-state index is 12.9. The number of pyridine rings is 1. The molecular formula is C26H33FN4O2. The lowest BCUT2D eigenvalue weighted by Gasteiger charge is -2.45. The van der Waals surface area contributed by atoms with Crippen molar-refractivity contribution in [3.63, 3.8) is 0 Å². The smallest absolute Gasteiger partial charge is 0.255 e. The fraction of sp³-hybridized carbons (Fsp3) is 0.538. The second-order valence-corrected chi connectivity index (χ2v) is 10.0. The van der Waals surface area contributed by atoms with Gasteiger partial charge in [-0.05, 0) is 61.6 Å². The molecule has 2 saturated carbocycles. The van der Waals surface area contributed by atoms with Crippen LogP contribution in [0.2, 0.25) is 0 Å². The van der Waals surface area contributed by atoms with Crippen LogP contribution in [0.5, 0.6) is 0 Å². The number of nitrogens with two attached hydrogens (primary N) is 1. The number of hydrogen-bond acceptors (Lipinski definition) is 5. The summed E-state index contributed by atoms with van der Waals surface area (Å²) in [5, 5.41) is 12.7. The van der Waals surface area contributed by atoms with Crippen LogP contribution < -0.4 is 11.1 Å². The Morgan fingerprint density at radius 2 is 1.94 bits per heavy atom. The van der Waals surface area contributed by atoms with Crippen LogP contribution in [0.3, 0.4) is 0 Å². The van der Waals surface area contributed by atoms with Gasteiger partial charge in [0.25, 0.3) is 5.91 Å². The number of nitrogens with zero attached hydrogens (tertiary/aromatic N) is 2. The Morgan fingerprint density at radius 3 is 2.61 bits per heavy atom.